The molecule has 2 bridgehead atoms. The summed E-state index contributed by atoms with van der Waals surface area (Å²) in [5.41, 5.74) is 0. The van der Waals surface area contributed by atoms with Crippen LogP contribution in [0, 0.1) is 35.5 Å². The van der Waals surface area contributed by atoms with E-state index in [2.05, 4.69) is 5.32 Å². The highest BCUT2D eigenvalue weighted by Gasteiger charge is 2.62. The average molecular weight is 251 g/mol. The fraction of sp³-hybridized carbons (Fsp3) is 0.692. The maximum absolute atomic E-state index is 12.1. The Hall–Kier alpha value is -1.36. The van der Waals surface area contributed by atoms with Crippen molar-refractivity contribution in [1.29, 1.82) is 0 Å². The number of carboxylic acid groups (broad SMARTS) is 1. The highest BCUT2D eigenvalue weighted by Crippen LogP contribution is 2.63. The molecule has 0 aromatic carbocycles. The number of rotatable bonds is 4. The van der Waals surface area contributed by atoms with E-state index in [1.54, 1.807) is 0 Å². The average Bonchev–Trinajstić information content (AvgIpc) is 3.16. The Balaban J connectivity index is 1.84. The molecular formula is C13H17NO4. The lowest BCUT2D eigenvalue weighted by Gasteiger charge is -2.41. The molecule has 3 N–H and O–H groups in total. The van der Waals surface area contributed by atoms with E-state index in [0.29, 0.717) is 11.8 Å². The van der Waals surface area contributed by atoms with Gasteiger partial charge >= 0.3 is 5.97 Å². The maximum atomic E-state index is 12.1. The van der Waals surface area contributed by atoms with E-state index in [9.17, 15) is 14.7 Å². The lowest BCUT2D eigenvalue weighted by molar-refractivity contribution is -0.153. The number of carbonyl (C=O) groups excluding carboxylic acids is 1. The molecule has 2 fully saturated rings. The Kier molecular flexibility index (Phi) is 2.66. The third-order valence-corrected chi connectivity index (χ3v) is 4.65. The number of carboxylic acids is 1. The molecule has 5 heteroatoms. The first-order chi connectivity index (χ1) is 8.65. The minimum atomic E-state index is -0.871. The second kappa shape index (κ2) is 4.09. The Bertz CT molecular complexity index is 419. The van der Waals surface area contributed by atoms with Crippen molar-refractivity contribution >= 4 is 11.9 Å². The van der Waals surface area contributed by atoms with Crippen molar-refractivity contribution in [2.24, 2.45) is 35.5 Å². The maximum Gasteiger partial charge on any atom is 0.307 e. The molecule has 18 heavy (non-hydrogen) atoms. The third kappa shape index (κ3) is 1.57. The number of amides is 1. The van der Waals surface area contributed by atoms with Gasteiger partial charge in [-0.05, 0) is 30.1 Å². The Morgan fingerprint density at radius 3 is 2.33 bits per heavy atom. The van der Waals surface area contributed by atoms with E-state index in [1.165, 1.54) is 0 Å². The van der Waals surface area contributed by atoms with Crippen molar-refractivity contribution in [3.63, 3.8) is 0 Å². The standard InChI is InChI=1S/C13H17NO4/c15-4-3-14-12(16)10-6-1-2-7(9-5-8(6)9)11(10)13(17)18/h1-2,6-11,15H,3-5H2,(H,14,16)(H,17,18)/t6-,7+,8-,9+,10-,11+/m0/s1. The van der Waals surface area contributed by atoms with Crippen molar-refractivity contribution in [2.75, 3.05) is 13.2 Å². The van der Waals surface area contributed by atoms with Gasteiger partial charge < -0.3 is 15.5 Å². The van der Waals surface area contributed by atoms with Gasteiger partial charge in [-0.15, -0.1) is 0 Å². The zero-order valence-corrected chi connectivity index (χ0v) is 9.95. The van der Waals surface area contributed by atoms with Crippen LogP contribution in [-0.4, -0.2) is 35.2 Å². The molecule has 0 aromatic heterocycles. The van der Waals surface area contributed by atoms with E-state index in [0.717, 1.165) is 6.42 Å². The Morgan fingerprint density at radius 1 is 1.17 bits per heavy atom. The summed E-state index contributed by atoms with van der Waals surface area (Å²) in [5.74, 6) is -1.09. The molecule has 6 atom stereocenters. The smallest absolute Gasteiger partial charge is 0.307 e. The number of carbonyl (C=O) groups is 2. The van der Waals surface area contributed by atoms with E-state index in [1.807, 2.05) is 12.2 Å². The van der Waals surface area contributed by atoms with Crippen LogP contribution in [0.1, 0.15) is 6.42 Å². The number of nitrogens with one attached hydrogen (secondary N) is 1. The number of aliphatic hydroxyl groups is 1. The SMILES string of the molecule is O=C(O)[C@@H]1[C@@H]2C=C[C@@H]([C@@H]3C[C@H]23)[C@@H]1C(=O)NCCO. The van der Waals surface area contributed by atoms with Gasteiger partial charge in [0.1, 0.15) is 0 Å². The molecule has 0 radical (unpaired) electrons. The summed E-state index contributed by atoms with van der Waals surface area (Å²) < 4.78 is 0. The van der Waals surface area contributed by atoms with Crippen LogP contribution in [0.4, 0.5) is 0 Å². The highest BCUT2D eigenvalue weighted by molar-refractivity contribution is 5.86. The van der Waals surface area contributed by atoms with Gasteiger partial charge in [0.05, 0.1) is 18.4 Å². The first kappa shape index (κ1) is 11.7. The molecule has 0 saturated heterocycles. The van der Waals surface area contributed by atoms with Crippen molar-refractivity contribution in [1.82, 2.24) is 5.32 Å². The fourth-order valence-electron chi connectivity index (χ4n) is 3.87. The van der Waals surface area contributed by atoms with Gasteiger partial charge in [0.2, 0.25) is 5.91 Å². The number of fused-ring (bicyclic) bond motifs is 1. The number of hydrogen-bond acceptors (Lipinski definition) is 3. The van der Waals surface area contributed by atoms with Gasteiger partial charge in [-0.25, -0.2) is 0 Å². The predicted molar refractivity (Wildman–Crippen MR) is 62.4 cm³/mol. The van der Waals surface area contributed by atoms with Crippen LogP contribution in [0.5, 0.6) is 0 Å². The molecule has 98 valence electrons. The second-order valence-electron chi connectivity index (χ2n) is 5.51. The van der Waals surface area contributed by atoms with Crippen LogP contribution in [0.2, 0.25) is 0 Å². The molecule has 0 spiro atoms. The summed E-state index contributed by atoms with van der Waals surface area (Å²) in [6, 6.07) is 0. The van der Waals surface area contributed by atoms with Crippen molar-refractivity contribution in [3.8, 4) is 0 Å². The number of allylic oxidation sites excluding steroid dienone is 2. The molecule has 4 rings (SSSR count). The molecule has 0 heterocycles. The topological polar surface area (TPSA) is 86.6 Å². The normalized spacial score (nSPS) is 43.4. The van der Waals surface area contributed by atoms with Crippen LogP contribution >= 0.6 is 0 Å². The molecule has 0 aromatic rings. The van der Waals surface area contributed by atoms with Crippen LogP contribution in [0.15, 0.2) is 12.2 Å². The largest absolute Gasteiger partial charge is 0.481 e. The quantitative estimate of drug-likeness (QED) is 0.607. The van der Waals surface area contributed by atoms with E-state index in [4.69, 9.17) is 5.11 Å². The number of aliphatic hydroxyl groups excluding tert-OH is 1. The molecule has 1 amide bonds. The summed E-state index contributed by atoms with van der Waals surface area (Å²) >= 11 is 0. The van der Waals surface area contributed by atoms with Crippen LogP contribution in [-0.2, 0) is 9.59 Å². The number of hydrogen-bond donors (Lipinski definition) is 3. The van der Waals surface area contributed by atoms with Gasteiger partial charge in [0, 0.05) is 6.54 Å². The highest BCUT2D eigenvalue weighted by atomic mass is 16.4. The van der Waals surface area contributed by atoms with Gasteiger partial charge in [-0.2, -0.15) is 0 Å². The molecule has 0 unspecified atom stereocenters. The first-order valence-electron chi connectivity index (χ1n) is 6.45. The van der Waals surface area contributed by atoms with Crippen molar-refractivity contribution in [3.05, 3.63) is 12.2 Å². The van der Waals surface area contributed by atoms with Gasteiger partial charge in [-0.1, -0.05) is 12.2 Å². The molecule has 4 aliphatic rings. The lowest BCUT2D eigenvalue weighted by atomic mass is 9.62. The van der Waals surface area contributed by atoms with Crippen molar-refractivity contribution < 1.29 is 19.8 Å². The molecule has 2 saturated carbocycles. The minimum Gasteiger partial charge on any atom is -0.481 e. The summed E-state index contributed by atoms with van der Waals surface area (Å²) in [6.45, 7) is 0.0725. The lowest BCUT2D eigenvalue weighted by Crippen LogP contribution is -2.50. The Labute approximate surface area is 105 Å². The molecule has 0 aliphatic heterocycles. The zero-order chi connectivity index (χ0) is 12.9. The molecule has 5 nitrogen and oxygen atoms in total. The van der Waals surface area contributed by atoms with Crippen molar-refractivity contribution in [2.45, 2.75) is 6.42 Å². The fourth-order valence-corrected chi connectivity index (χ4v) is 3.87. The van der Waals surface area contributed by atoms with Gasteiger partial charge in [0.15, 0.2) is 0 Å². The molecule has 4 aliphatic carbocycles. The van der Waals surface area contributed by atoms with E-state index >= 15 is 0 Å². The van der Waals surface area contributed by atoms with Gasteiger partial charge in [-0.3, -0.25) is 9.59 Å². The zero-order valence-electron chi connectivity index (χ0n) is 9.95. The summed E-state index contributed by atoms with van der Waals surface area (Å²) in [7, 11) is 0. The monoisotopic (exact) mass is 251 g/mol. The first-order valence-corrected chi connectivity index (χ1v) is 6.45. The van der Waals surface area contributed by atoms with Gasteiger partial charge in [0.25, 0.3) is 0 Å². The molecular weight excluding hydrogens is 234 g/mol. The summed E-state index contributed by atoms with van der Waals surface area (Å²) in [6.07, 6.45) is 5.07. The van der Waals surface area contributed by atoms with Crippen LogP contribution in [0.25, 0.3) is 0 Å². The predicted octanol–water partition coefficient (Wildman–Crippen LogP) is -0.136. The summed E-state index contributed by atoms with van der Waals surface area (Å²) in [5, 5.41) is 20.7. The van der Waals surface area contributed by atoms with E-state index < -0.39 is 17.8 Å². The second-order valence-corrected chi connectivity index (χ2v) is 5.51. The Morgan fingerprint density at radius 2 is 1.78 bits per heavy atom. The van der Waals surface area contributed by atoms with Crippen LogP contribution < -0.4 is 5.32 Å². The van der Waals surface area contributed by atoms with Crippen LogP contribution in [0.3, 0.4) is 0 Å². The third-order valence-electron chi connectivity index (χ3n) is 4.65. The minimum absolute atomic E-state index is 0.0161. The summed E-state index contributed by atoms with van der Waals surface area (Å²) in [4.78, 5) is 23.5. The number of aliphatic carboxylic acids is 1. The van der Waals surface area contributed by atoms with E-state index in [-0.39, 0.29) is 30.9 Å².